The molecule has 2 atom stereocenters. The first kappa shape index (κ1) is 27.1. The van der Waals surface area contributed by atoms with Crippen molar-refractivity contribution < 1.29 is 22.3 Å². The van der Waals surface area contributed by atoms with Crippen LogP contribution in [0.25, 0.3) is 0 Å². The van der Waals surface area contributed by atoms with Gasteiger partial charge < -0.3 is 13.8 Å². The minimum absolute atomic E-state index is 0.171. The van der Waals surface area contributed by atoms with Gasteiger partial charge in [0.2, 0.25) is 0 Å². The van der Waals surface area contributed by atoms with E-state index in [1.54, 1.807) is 0 Å². The van der Waals surface area contributed by atoms with Crippen LogP contribution in [0.15, 0.2) is 58.3 Å². The van der Waals surface area contributed by atoms with E-state index in [9.17, 15) is 17.5 Å². The normalized spacial score (nSPS) is 11.7. The Balaban J connectivity index is 0.000000718. The van der Waals surface area contributed by atoms with Crippen LogP contribution in [0.4, 0.5) is 0 Å². The summed E-state index contributed by atoms with van der Waals surface area (Å²) >= 11 is -5.62. The van der Waals surface area contributed by atoms with Crippen LogP contribution in [0.5, 0.6) is 11.5 Å². The molecule has 0 aliphatic heterocycles. The number of hydrogen-bond donors (Lipinski definition) is 0. The summed E-state index contributed by atoms with van der Waals surface area (Å²) in [6, 6.07) is 11.7. The van der Waals surface area contributed by atoms with Crippen molar-refractivity contribution in [2.45, 2.75) is 39.4 Å². The Kier molecular flexibility index (Phi) is 15.0. The summed E-state index contributed by atoms with van der Waals surface area (Å²) < 4.78 is 48.1. The third-order valence-corrected chi connectivity index (χ3v) is 3.58. The molecule has 0 fully saturated rings. The van der Waals surface area contributed by atoms with Gasteiger partial charge in [0, 0.05) is 9.79 Å². The van der Waals surface area contributed by atoms with Crippen LogP contribution in [0.1, 0.15) is 0 Å². The number of rotatable bonds is 4. The quantitative estimate of drug-likeness (QED) is 0.364. The zero-order valence-corrected chi connectivity index (χ0v) is 23.8. The average molecular weight is 624 g/mol. The van der Waals surface area contributed by atoms with Gasteiger partial charge in [-0.1, -0.05) is 0 Å². The molecule has 2 aromatic carbocycles. The fourth-order valence-corrected chi connectivity index (χ4v) is 2.09. The van der Waals surface area contributed by atoms with Crippen LogP contribution in [0.3, 0.4) is 0 Å². The summed E-state index contributed by atoms with van der Waals surface area (Å²) in [6.45, 7) is 0. The molecule has 0 N–H and O–H groups in total. The molecule has 0 heterocycles. The van der Waals surface area contributed by atoms with E-state index >= 15 is 0 Å². The molecule has 0 aromatic heterocycles. The molecule has 2 aromatic rings. The second kappa shape index (κ2) is 15.0. The van der Waals surface area contributed by atoms with E-state index in [1.165, 1.54) is 48.5 Å². The average Bonchev–Trinajstić information content (AvgIpc) is 2.55. The summed E-state index contributed by atoms with van der Waals surface area (Å²) in [6.07, 6.45) is 0. The molecule has 0 radical (unpaired) electrons. The van der Waals surface area contributed by atoms with Gasteiger partial charge in [-0.25, -0.2) is 0 Å². The molecule has 0 aliphatic rings. The molecule has 0 saturated heterocycles. The van der Waals surface area contributed by atoms with Gasteiger partial charge in [0.1, 0.15) is 11.5 Å². The predicted octanol–water partition coefficient (Wildman–Crippen LogP) is 4.70. The summed E-state index contributed by atoms with van der Waals surface area (Å²) in [5.41, 5.74) is 0. The van der Waals surface area contributed by atoms with Crippen molar-refractivity contribution in [1.29, 1.82) is 0 Å². The molecule has 5 nitrogen and oxygen atoms in total. The monoisotopic (exact) mass is 626 g/mol. The van der Waals surface area contributed by atoms with Crippen LogP contribution < -0.4 is 4.74 Å². The van der Waals surface area contributed by atoms with Crippen LogP contribution in [-0.2, 0) is 22.2 Å². The molecule has 0 amide bonds. The second-order valence-corrected chi connectivity index (χ2v) is 25.5. The first-order valence-corrected chi connectivity index (χ1v) is 27.4. The van der Waals surface area contributed by atoms with Crippen molar-refractivity contribution in [3.63, 3.8) is 0 Å². The van der Waals surface area contributed by atoms with Crippen molar-refractivity contribution in [3.05, 3.63) is 48.5 Å². The third kappa shape index (κ3) is 14.7. The fourth-order valence-electron chi connectivity index (χ4n) is 1.37. The van der Waals surface area contributed by atoms with Gasteiger partial charge in [-0.3, -0.25) is 8.42 Å². The molecule has 148 valence electrons. The molecule has 0 saturated carbocycles. The van der Waals surface area contributed by atoms with Crippen LogP contribution in [0, 0.1) is 0 Å². The predicted molar refractivity (Wildman–Crippen MR) is 114 cm³/mol. The summed E-state index contributed by atoms with van der Waals surface area (Å²) in [5, 5.41) is 0. The van der Waals surface area contributed by atoms with Gasteiger partial charge in [0.05, 0.1) is 0 Å². The first-order valence-electron chi connectivity index (χ1n) is 8.13. The first-order chi connectivity index (χ1) is 12.5. The Hall–Kier alpha value is 0.0574. The molecule has 27 heavy (non-hydrogen) atoms. The van der Waals surface area contributed by atoms with Gasteiger partial charge in [-0.05, 0) is 70.7 Å². The van der Waals surface area contributed by atoms with Crippen LogP contribution in [-0.4, -0.2) is 57.0 Å². The van der Waals surface area contributed by atoms with Crippen LogP contribution >= 0.6 is 0 Å². The van der Waals surface area contributed by atoms with Crippen molar-refractivity contribution in [2.24, 2.45) is 0 Å². The van der Waals surface area contributed by atoms with E-state index in [0.29, 0.717) is 11.5 Å². The maximum atomic E-state index is 10.7. The molecule has 9 heteroatoms. The van der Waals surface area contributed by atoms with Gasteiger partial charge >= 0.3 is 69.2 Å². The standard InChI is InChI=1S/C12H10O5S2.6CH3.2Sn/c13-18(14)11-5-1-9(2-6-11)17-10-3-7-12(8-4-10)19(15)16;;;;;;;;/h1-8H,(H,13,14)(H,15,16);6*1H3;;/q;;;;;;;2*+1/p-2. The van der Waals surface area contributed by atoms with Gasteiger partial charge in [0.25, 0.3) is 0 Å². The van der Waals surface area contributed by atoms with E-state index in [-0.39, 0.29) is 9.79 Å². The molecule has 2 unspecified atom stereocenters. The Morgan fingerprint density at radius 2 is 0.852 bits per heavy atom. The van der Waals surface area contributed by atoms with Gasteiger partial charge in [-0.15, -0.1) is 0 Å². The molecular weight excluding hydrogens is 598 g/mol. The Morgan fingerprint density at radius 1 is 0.630 bits per heavy atom. The van der Waals surface area contributed by atoms with Gasteiger partial charge in [0.15, 0.2) is 0 Å². The summed E-state index contributed by atoms with van der Waals surface area (Å²) in [4.78, 5) is 14.5. The number of hydrogen-bond acceptors (Lipinski definition) is 5. The molecule has 0 bridgehead atoms. The minimum atomic E-state index is -2.27. The topological polar surface area (TPSA) is 89.5 Å². The second-order valence-electron chi connectivity index (χ2n) is 6.51. The van der Waals surface area contributed by atoms with E-state index in [1.807, 2.05) is 0 Å². The van der Waals surface area contributed by atoms with E-state index in [2.05, 4.69) is 29.6 Å². The van der Waals surface area contributed by atoms with Crippen molar-refractivity contribution in [2.75, 3.05) is 0 Å². The third-order valence-electron chi connectivity index (χ3n) is 2.27. The number of benzene rings is 2. The van der Waals surface area contributed by atoms with Crippen molar-refractivity contribution in [3.8, 4) is 11.5 Å². The molecule has 2 rings (SSSR count). The Bertz CT molecular complexity index is 638. The Morgan fingerprint density at radius 3 is 1.04 bits per heavy atom. The maximum absolute atomic E-state index is 10.7. The summed E-state index contributed by atoms with van der Waals surface area (Å²) in [5.74, 6) is 0.926. The zero-order chi connectivity index (χ0) is 21.0. The fraction of sp³-hybridized carbons (Fsp3) is 0.333. The van der Waals surface area contributed by atoms with Crippen molar-refractivity contribution >= 4 is 61.7 Å². The SMILES string of the molecule is O=S([O-])c1ccc(Oc2ccc(S(=O)[O-])cc2)cc1.[CH3][Sn+]([CH3])[CH3].[CH3][Sn+]([CH3])[CH3]. The van der Waals surface area contributed by atoms with Crippen LogP contribution in [0.2, 0.25) is 29.6 Å². The van der Waals surface area contributed by atoms with Crippen molar-refractivity contribution in [1.82, 2.24) is 0 Å². The van der Waals surface area contributed by atoms with E-state index < -0.39 is 61.7 Å². The van der Waals surface area contributed by atoms with Gasteiger partial charge in [-0.2, -0.15) is 0 Å². The zero-order valence-electron chi connectivity index (χ0n) is 16.5. The number of ether oxygens (including phenoxy) is 1. The summed E-state index contributed by atoms with van der Waals surface area (Å²) in [7, 11) is 0. The van der Waals surface area contributed by atoms with E-state index in [0.717, 1.165) is 0 Å². The molecule has 0 spiro atoms. The Labute approximate surface area is 182 Å². The van der Waals surface area contributed by atoms with E-state index in [4.69, 9.17) is 4.74 Å². The molecular formula is C18H26O5S2Sn2. The molecule has 0 aliphatic carbocycles.